The fourth-order valence-corrected chi connectivity index (χ4v) is 3.84. The van der Waals surface area contributed by atoms with E-state index in [0.29, 0.717) is 11.3 Å². The van der Waals surface area contributed by atoms with Crippen molar-refractivity contribution < 1.29 is 24.2 Å². The van der Waals surface area contributed by atoms with Crippen molar-refractivity contribution in [1.82, 2.24) is 5.43 Å². The minimum absolute atomic E-state index is 0.0964. The van der Waals surface area contributed by atoms with E-state index in [-0.39, 0.29) is 40.3 Å². The number of methoxy groups -OCH3 is 1. The van der Waals surface area contributed by atoms with Crippen LogP contribution in [0.4, 0.5) is 5.69 Å². The topological polar surface area (TPSA) is 109 Å². The summed E-state index contributed by atoms with van der Waals surface area (Å²) in [6, 6.07) is 21.0. The third kappa shape index (κ3) is 6.36. The van der Waals surface area contributed by atoms with E-state index in [1.54, 1.807) is 30.3 Å². The molecule has 0 aliphatic rings. The Balaban J connectivity index is 1.40. The van der Waals surface area contributed by atoms with E-state index in [1.165, 1.54) is 19.4 Å². The molecule has 3 N–H and O–H groups in total. The van der Waals surface area contributed by atoms with E-state index in [0.717, 1.165) is 16.3 Å². The van der Waals surface area contributed by atoms with Crippen molar-refractivity contribution >= 4 is 46.1 Å². The number of carbonyl (C=O) groups excluding carboxylic acids is 2. The van der Waals surface area contributed by atoms with Crippen molar-refractivity contribution in [3.8, 4) is 17.2 Å². The highest BCUT2D eigenvalue weighted by atomic mass is 35.5. The number of amides is 2. The summed E-state index contributed by atoms with van der Waals surface area (Å²) < 4.78 is 11.0. The van der Waals surface area contributed by atoms with Crippen LogP contribution >= 0.6 is 11.6 Å². The second-order valence-corrected chi connectivity index (χ2v) is 8.56. The molecule has 0 aromatic heterocycles. The Morgan fingerprint density at radius 3 is 2.43 bits per heavy atom. The normalized spacial score (nSPS) is 10.9. The molecule has 4 aromatic carbocycles. The van der Waals surface area contributed by atoms with Gasteiger partial charge in [-0.3, -0.25) is 9.59 Å². The molecule has 0 spiro atoms. The van der Waals surface area contributed by atoms with Crippen LogP contribution in [0.2, 0.25) is 5.02 Å². The van der Waals surface area contributed by atoms with Gasteiger partial charge in [0.15, 0.2) is 18.1 Å². The second-order valence-electron chi connectivity index (χ2n) is 8.15. The summed E-state index contributed by atoms with van der Waals surface area (Å²) in [6.07, 6.45) is 1.37. The van der Waals surface area contributed by atoms with Gasteiger partial charge in [-0.25, -0.2) is 5.43 Å². The van der Waals surface area contributed by atoms with E-state index >= 15 is 0 Å². The summed E-state index contributed by atoms with van der Waals surface area (Å²) in [6.45, 7) is 1.68. The molecular weight excluding hydrogens is 494 g/mol. The third-order valence-corrected chi connectivity index (χ3v) is 5.70. The first-order chi connectivity index (χ1) is 17.8. The number of halogens is 1. The van der Waals surface area contributed by atoms with Gasteiger partial charge in [0.25, 0.3) is 11.8 Å². The quantitative estimate of drug-likeness (QED) is 0.217. The lowest BCUT2D eigenvalue weighted by atomic mass is 10.1. The number of aromatic hydroxyl groups is 1. The fourth-order valence-electron chi connectivity index (χ4n) is 3.56. The molecule has 0 unspecified atom stereocenters. The molecule has 4 aromatic rings. The molecule has 9 heteroatoms. The molecule has 0 radical (unpaired) electrons. The van der Waals surface area contributed by atoms with Crippen molar-refractivity contribution in [2.24, 2.45) is 5.10 Å². The van der Waals surface area contributed by atoms with Gasteiger partial charge < -0.3 is 19.9 Å². The van der Waals surface area contributed by atoms with Crippen LogP contribution in [-0.4, -0.2) is 36.9 Å². The number of phenols is 1. The molecule has 0 heterocycles. The number of fused-ring (bicyclic) bond motifs is 1. The summed E-state index contributed by atoms with van der Waals surface area (Å²) in [5, 5.41) is 18.8. The van der Waals surface area contributed by atoms with Gasteiger partial charge >= 0.3 is 0 Å². The summed E-state index contributed by atoms with van der Waals surface area (Å²) >= 11 is 6.37. The number of hydrogen-bond acceptors (Lipinski definition) is 6. The number of hydrazone groups is 1. The molecule has 0 atom stereocenters. The summed E-state index contributed by atoms with van der Waals surface area (Å²) in [5.41, 5.74) is 4.74. The number of carbonyl (C=O) groups is 2. The van der Waals surface area contributed by atoms with E-state index < -0.39 is 5.91 Å². The number of nitrogens with zero attached hydrogens (tertiary/aromatic N) is 1. The molecule has 0 bridgehead atoms. The van der Waals surface area contributed by atoms with E-state index in [9.17, 15) is 14.7 Å². The molecular formula is C28H24ClN3O5. The van der Waals surface area contributed by atoms with E-state index in [2.05, 4.69) is 15.8 Å². The number of anilines is 1. The Kier molecular flexibility index (Phi) is 7.90. The standard InChI is InChI=1S/C28H24ClN3O5/c1-17-7-9-21(10-8-17)31-26(34)16-37-27-23(29)11-18(12-25(27)36-2)15-30-32-28(35)22-13-19-5-3-4-6-20(19)14-24(22)33/h3-15,33H,16H2,1-2H3,(H,31,34)(H,32,35). The molecule has 0 aliphatic heterocycles. The van der Waals surface area contributed by atoms with Gasteiger partial charge in [0.1, 0.15) is 5.75 Å². The van der Waals surface area contributed by atoms with Gasteiger partial charge in [-0.15, -0.1) is 0 Å². The first-order valence-corrected chi connectivity index (χ1v) is 11.6. The lowest BCUT2D eigenvalue weighted by molar-refractivity contribution is -0.118. The average Bonchev–Trinajstić information content (AvgIpc) is 2.88. The average molecular weight is 518 g/mol. The van der Waals surface area contributed by atoms with Crippen molar-refractivity contribution in [1.29, 1.82) is 0 Å². The number of ether oxygens (including phenoxy) is 2. The van der Waals surface area contributed by atoms with Crippen LogP contribution in [0.25, 0.3) is 10.8 Å². The molecule has 0 aliphatic carbocycles. The SMILES string of the molecule is COc1cc(C=NNC(=O)c2cc3ccccc3cc2O)cc(Cl)c1OCC(=O)Nc1ccc(C)cc1. The number of nitrogens with one attached hydrogen (secondary N) is 2. The van der Waals surface area contributed by atoms with Crippen LogP contribution < -0.4 is 20.2 Å². The zero-order valence-corrected chi connectivity index (χ0v) is 20.9. The molecule has 4 rings (SSSR count). The Morgan fingerprint density at radius 1 is 1.03 bits per heavy atom. The summed E-state index contributed by atoms with van der Waals surface area (Å²) in [7, 11) is 1.44. The fraction of sp³-hybridized carbons (Fsp3) is 0.107. The van der Waals surface area contributed by atoms with Gasteiger partial charge in [-0.2, -0.15) is 5.10 Å². The Morgan fingerprint density at radius 2 is 1.73 bits per heavy atom. The number of aryl methyl sites for hydroxylation is 1. The first kappa shape index (κ1) is 25.5. The van der Waals surface area contributed by atoms with Crippen LogP contribution in [-0.2, 0) is 4.79 Å². The van der Waals surface area contributed by atoms with Crippen LogP contribution in [0, 0.1) is 6.92 Å². The van der Waals surface area contributed by atoms with E-state index in [4.69, 9.17) is 21.1 Å². The Bertz CT molecular complexity index is 1490. The van der Waals surface area contributed by atoms with Gasteiger partial charge in [0.2, 0.25) is 0 Å². The van der Waals surface area contributed by atoms with Crippen molar-refractivity contribution in [2.75, 3.05) is 19.0 Å². The second kappa shape index (κ2) is 11.5. The maximum atomic E-state index is 12.5. The number of hydrogen-bond donors (Lipinski definition) is 3. The minimum atomic E-state index is -0.572. The maximum Gasteiger partial charge on any atom is 0.275 e. The van der Waals surface area contributed by atoms with Gasteiger partial charge in [0, 0.05) is 5.69 Å². The highest BCUT2D eigenvalue weighted by Crippen LogP contribution is 2.36. The highest BCUT2D eigenvalue weighted by Gasteiger charge is 2.15. The lowest BCUT2D eigenvalue weighted by Gasteiger charge is -2.13. The Labute approximate surface area is 218 Å². The molecule has 0 saturated carbocycles. The monoisotopic (exact) mass is 517 g/mol. The molecule has 0 saturated heterocycles. The van der Waals surface area contributed by atoms with Crippen LogP contribution in [0.3, 0.4) is 0 Å². The number of phenolic OH excluding ortho intramolecular Hbond substituents is 1. The van der Waals surface area contributed by atoms with Crippen LogP contribution in [0.1, 0.15) is 21.5 Å². The minimum Gasteiger partial charge on any atom is -0.507 e. The molecule has 37 heavy (non-hydrogen) atoms. The van der Waals surface area contributed by atoms with Gasteiger partial charge in [0.05, 0.1) is 23.9 Å². The van der Waals surface area contributed by atoms with Gasteiger partial charge in [-0.1, -0.05) is 53.6 Å². The van der Waals surface area contributed by atoms with Crippen molar-refractivity contribution in [3.63, 3.8) is 0 Å². The van der Waals surface area contributed by atoms with Gasteiger partial charge in [-0.05, 0) is 59.7 Å². The predicted octanol–water partition coefficient (Wildman–Crippen LogP) is 5.30. The molecule has 2 amide bonds. The first-order valence-electron chi connectivity index (χ1n) is 11.3. The lowest BCUT2D eigenvalue weighted by Crippen LogP contribution is -2.20. The number of rotatable bonds is 8. The summed E-state index contributed by atoms with van der Waals surface area (Å²) in [5.74, 6) is -0.588. The maximum absolute atomic E-state index is 12.5. The Hall–Kier alpha value is -4.56. The van der Waals surface area contributed by atoms with Crippen molar-refractivity contribution in [3.05, 3.63) is 94.5 Å². The zero-order valence-electron chi connectivity index (χ0n) is 20.1. The molecule has 0 fully saturated rings. The predicted molar refractivity (Wildman–Crippen MR) is 144 cm³/mol. The molecule has 8 nitrogen and oxygen atoms in total. The van der Waals surface area contributed by atoms with Crippen molar-refractivity contribution in [2.45, 2.75) is 6.92 Å². The smallest absolute Gasteiger partial charge is 0.275 e. The third-order valence-electron chi connectivity index (χ3n) is 5.42. The van der Waals surface area contributed by atoms with E-state index in [1.807, 2.05) is 43.3 Å². The largest absolute Gasteiger partial charge is 0.507 e. The number of benzene rings is 4. The van der Waals surface area contributed by atoms with Crippen LogP contribution in [0.5, 0.6) is 17.2 Å². The zero-order chi connectivity index (χ0) is 26.4. The highest BCUT2D eigenvalue weighted by molar-refractivity contribution is 6.32. The summed E-state index contributed by atoms with van der Waals surface area (Å²) in [4.78, 5) is 24.8. The van der Waals surface area contributed by atoms with Crippen LogP contribution in [0.15, 0.2) is 77.9 Å². The molecule has 188 valence electrons.